The minimum atomic E-state index is -0.183. The van der Waals surface area contributed by atoms with Crippen molar-refractivity contribution in [3.8, 4) is 11.5 Å². The number of nitrogens with zero attached hydrogens (tertiary/aromatic N) is 1. The van der Waals surface area contributed by atoms with Gasteiger partial charge in [-0.2, -0.15) is 0 Å². The number of ether oxygens (including phenoxy) is 2. The summed E-state index contributed by atoms with van der Waals surface area (Å²) < 4.78 is 11.5. The SMILES string of the molecule is CCOc1cc(C(=O)NCC(Nc2ccccc2)C(C)C)ccc1OCC(=O)N1CCCCC1. The Labute approximate surface area is 202 Å². The monoisotopic (exact) mass is 467 g/mol. The first-order valence-electron chi connectivity index (χ1n) is 12.2. The summed E-state index contributed by atoms with van der Waals surface area (Å²) in [5, 5.41) is 6.51. The van der Waals surface area contributed by atoms with Gasteiger partial charge in [-0.3, -0.25) is 9.59 Å². The average Bonchev–Trinajstić information content (AvgIpc) is 2.86. The molecule has 3 rings (SSSR count). The van der Waals surface area contributed by atoms with E-state index in [2.05, 4.69) is 24.5 Å². The zero-order chi connectivity index (χ0) is 24.3. The molecule has 0 radical (unpaired) electrons. The van der Waals surface area contributed by atoms with Gasteiger partial charge in [0.05, 0.1) is 6.61 Å². The second kappa shape index (κ2) is 12.9. The van der Waals surface area contributed by atoms with Crippen LogP contribution < -0.4 is 20.1 Å². The van der Waals surface area contributed by atoms with Crippen LogP contribution >= 0.6 is 0 Å². The number of hydrogen-bond donors (Lipinski definition) is 2. The van der Waals surface area contributed by atoms with Crippen molar-refractivity contribution in [3.63, 3.8) is 0 Å². The number of carbonyl (C=O) groups excluding carboxylic acids is 2. The Balaban J connectivity index is 1.60. The van der Waals surface area contributed by atoms with Gasteiger partial charge in [0.25, 0.3) is 11.8 Å². The van der Waals surface area contributed by atoms with Gasteiger partial charge >= 0.3 is 0 Å². The van der Waals surface area contributed by atoms with Crippen LogP contribution in [0.3, 0.4) is 0 Å². The molecule has 2 aromatic carbocycles. The summed E-state index contributed by atoms with van der Waals surface area (Å²) >= 11 is 0. The van der Waals surface area contributed by atoms with Crippen LogP contribution in [-0.4, -0.2) is 55.6 Å². The highest BCUT2D eigenvalue weighted by Gasteiger charge is 2.19. The molecule has 0 aliphatic carbocycles. The highest BCUT2D eigenvalue weighted by atomic mass is 16.5. The summed E-state index contributed by atoms with van der Waals surface area (Å²) in [6, 6.07) is 15.1. The fourth-order valence-corrected chi connectivity index (χ4v) is 3.92. The minimum Gasteiger partial charge on any atom is -0.490 e. The maximum absolute atomic E-state index is 12.9. The lowest BCUT2D eigenvalue weighted by Crippen LogP contribution is -2.39. The van der Waals surface area contributed by atoms with Crippen molar-refractivity contribution in [2.45, 2.75) is 46.1 Å². The molecule has 7 nitrogen and oxygen atoms in total. The van der Waals surface area contributed by atoms with Gasteiger partial charge in [0.1, 0.15) is 0 Å². The number of hydrogen-bond acceptors (Lipinski definition) is 5. The fourth-order valence-electron chi connectivity index (χ4n) is 3.92. The van der Waals surface area contributed by atoms with Gasteiger partial charge < -0.3 is 25.0 Å². The maximum atomic E-state index is 12.9. The van der Waals surface area contributed by atoms with Gasteiger partial charge in [0.15, 0.2) is 18.1 Å². The van der Waals surface area contributed by atoms with Crippen molar-refractivity contribution in [1.29, 1.82) is 0 Å². The van der Waals surface area contributed by atoms with Crippen LogP contribution in [-0.2, 0) is 4.79 Å². The molecular weight excluding hydrogens is 430 g/mol. The predicted molar refractivity (Wildman–Crippen MR) is 135 cm³/mol. The number of anilines is 1. The van der Waals surface area contributed by atoms with Gasteiger partial charge in [0.2, 0.25) is 0 Å². The third kappa shape index (κ3) is 7.40. The zero-order valence-corrected chi connectivity index (χ0v) is 20.5. The van der Waals surface area contributed by atoms with Crippen LogP contribution in [0.4, 0.5) is 5.69 Å². The van der Waals surface area contributed by atoms with Crippen LogP contribution in [0.2, 0.25) is 0 Å². The van der Waals surface area contributed by atoms with E-state index >= 15 is 0 Å². The summed E-state index contributed by atoms with van der Waals surface area (Å²) in [5.74, 6) is 1.05. The number of piperidine rings is 1. The molecule has 0 spiro atoms. The van der Waals surface area contributed by atoms with E-state index in [9.17, 15) is 9.59 Å². The predicted octanol–water partition coefficient (Wildman–Crippen LogP) is 4.34. The average molecular weight is 468 g/mol. The van der Waals surface area contributed by atoms with Gasteiger partial charge in [-0.05, 0) is 62.4 Å². The van der Waals surface area contributed by atoms with E-state index in [1.54, 1.807) is 18.2 Å². The number of nitrogens with one attached hydrogen (secondary N) is 2. The van der Waals surface area contributed by atoms with E-state index in [4.69, 9.17) is 9.47 Å². The van der Waals surface area contributed by atoms with Gasteiger partial charge in [-0.25, -0.2) is 0 Å². The number of para-hydroxylation sites is 1. The molecule has 184 valence electrons. The third-order valence-electron chi connectivity index (χ3n) is 5.98. The molecule has 1 aliphatic rings. The molecule has 1 aliphatic heterocycles. The molecule has 1 saturated heterocycles. The van der Waals surface area contributed by atoms with E-state index in [0.717, 1.165) is 31.6 Å². The molecule has 2 aromatic rings. The lowest BCUT2D eigenvalue weighted by molar-refractivity contribution is -0.134. The normalized spacial score (nSPS) is 14.4. The van der Waals surface area contributed by atoms with Gasteiger partial charge in [0, 0.05) is 36.9 Å². The first-order valence-corrected chi connectivity index (χ1v) is 12.2. The number of amides is 2. The molecule has 0 bridgehead atoms. The Hall–Kier alpha value is -3.22. The zero-order valence-electron chi connectivity index (χ0n) is 20.5. The van der Waals surface area contributed by atoms with Crippen LogP contribution in [0.1, 0.15) is 50.4 Å². The molecular formula is C27H37N3O4. The van der Waals surface area contributed by atoms with E-state index in [-0.39, 0.29) is 24.5 Å². The quantitative estimate of drug-likeness (QED) is 0.514. The largest absolute Gasteiger partial charge is 0.490 e. The van der Waals surface area contributed by atoms with E-state index in [1.165, 1.54) is 6.42 Å². The van der Waals surface area contributed by atoms with Gasteiger partial charge in [-0.15, -0.1) is 0 Å². The summed E-state index contributed by atoms with van der Waals surface area (Å²) in [6.45, 7) is 8.57. The Bertz CT molecular complexity index is 927. The number of rotatable bonds is 11. The van der Waals surface area contributed by atoms with Crippen molar-refractivity contribution in [2.24, 2.45) is 5.92 Å². The van der Waals surface area contributed by atoms with Crippen LogP contribution in [0.15, 0.2) is 48.5 Å². The number of benzene rings is 2. The molecule has 34 heavy (non-hydrogen) atoms. The lowest BCUT2D eigenvalue weighted by atomic mass is 10.0. The van der Waals surface area contributed by atoms with Gasteiger partial charge in [-0.1, -0.05) is 32.0 Å². The second-order valence-electron chi connectivity index (χ2n) is 8.90. The molecule has 2 N–H and O–H groups in total. The van der Waals surface area contributed by atoms with Crippen LogP contribution in [0.25, 0.3) is 0 Å². The van der Waals surface area contributed by atoms with Crippen LogP contribution in [0, 0.1) is 5.92 Å². The first kappa shape index (κ1) is 25.4. The van der Waals surface area contributed by atoms with Crippen molar-refractivity contribution < 1.29 is 19.1 Å². The lowest BCUT2D eigenvalue weighted by Gasteiger charge is -2.26. The smallest absolute Gasteiger partial charge is 0.260 e. The van der Waals surface area contributed by atoms with Crippen molar-refractivity contribution in [1.82, 2.24) is 10.2 Å². The Kier molecular flexibility index (Phi) is 9.62. The van der Waals surface area contributed by atoms with Crippen LogP contribution in [0.5, 0.6) is 11.5 Å². The molecule has 0 aromatic heterocycles. The minimum absolute atomic E-state index is 0.0189. The standard InChI is InChI=1S/C27H37N3O4/c1-4-33-25-17-21(13-14-24(25)34-19-26(31)30-15-9-6-10-16-30)27(32)28-18-23(20(2)3)29-22-11-7-5-8-12-22/h5,7-8,11-14,17,20,23,29H,4,6,9-10,15-16,18-19H2,1-3H3,(H,28,32). The molecule has 2 amide bonds. The van der Waals surface area contributed by atoms with Crippen molar-refractivity contribution in [2.75, 3.05) is 38.2 Å². The maximum Gasteiger partial charge on any atom is 0.260 e. The van der Waals surface area contributed by atoms with E-state index in [1.807, 2.05) is 42.2 Å². The third-order valence-corrected chi connectivity index (χ3v) is 5.98. The highest BCUT2D eigenvalue weighted by molar-refractivity contribution is 5.95. The number of carbonyl (C=O) groups is 2. The Morgan fingerprint density at radius 3 is 2.38 bits per heavy atom. The molecule has 1 heterocycles. The summed E-state index contributed by atoms with van der Waals surface area (Å²) in [6.07, 6.45) is 3.25. The molecule has 0 saturated carbocycles. The van der Waals surface area contributed by atoms with Crippen molar-refractivity contribution in [3.05, 3.63) is 54.1 Å². The molecule has 1 unspecified atom stereocenters. The molecule has 7 heteroatoms. The van der Waals surface area contributed by atoms with E-state index in [0.29, 0.717) is 36.1 Å². The van der Waals surface area contributed by atoms with Crippen molar-refractivity contribution >= 4 is 17.5 Å². The Morgan fingerprint density at radius 2 is 1.71 bits per heavy atom. The highest BCUT2D eigenvalue weighted by Crippen LogP contribution is 2.29. The van der Waals surface area contributed by atoms with E-state index < -0.39 is 0 Å². The molecule has 1 fully saturated rings. The second-order valence-corrected chi connectivity index (χ2v) is 8.90. The molecule has 1 atom stereocenters. The summed E-state index contributed by atoms with van der Waals surface area (Å²) in [5.41, 5.74) is 1.51. The fraction of sp³-hybridized carbons (Fsp3) is 0.481. The summed E-state index contributed by atoms with van der Waals surface area (Å²) in [7, 11) is 0. The Morgan fingerprint density at radius 1 is 0.971 bits per heavy atom. The number of likely N-dealkylation sites (tertiary alicyclic amines) is 1. The summed E-state index contributed by atoms with van der Waals surface area (Å²) in [4.78, 5) is 27.2. The topological polar surface area (TPSA) is 79.9 Å². The first-order chi connectivity index (χ1) is 16.5.